The Morgan fingerprint density at radius 2 is 1.81 bits per heavy atom. The highest BCUT2D eigenvalue weighted by molar-refractivity contribution is 5.69. The molecule has 0 fully saturated rings. The molecule has 0 bridgehead atoms. The molecule has 0 heterocycles. The Morgan fingerprint density at radius 3 is 2.25 bits per heavy atom. The van der Waals surface area contributed by atoms with Crippen molar-refractivity contribution in [1.29, 1.82) is 0 Å². The normalized spacial score (nSPS) is 13.4. The van der Waals surface area contributed by atoms with E-state index in [0.717, 1.165) is 6.42 Å². The topological polar surface area (TPSA) is 40.5 Å². The van der Waals surface area contributed by atoms with Gasteiger partial charge in [-0.25, -0.2) is 0 Å². The molecule has 0 aliphatic rings. The highest BCUT2D eigenvalue weighted by Crippen LogP contribution is 2.13. The van der Waals surface area contributed by atoms with E-state index < -0.39 is 5.97 Å². The van der Waals surface area contributed by atoms with E-state index >= 15 is 0 Å². The maximum absolute atomic E-state index is 10.8. The number of unbranched alkanes of at least 4 members (excludes halogenated alkanes) is 3. The number of rotatable bonds is 9. The first-order chi connectivity index (χ1) is 7.49. The Bertz CT molecular complexity index is 192. The average Bonchev–Trinajstić information content (AvgIpc) is 2.20. The standard InChI is InChI=1S/C13H27NO2/c1-5-6-7-8-9-12(4)14(11(2)3)10-13(15)16/h11-12H,5-10H2,1-4H3,(H,15,16). The molecule has 0 radical (unpaired) electrons. The number of hydrogen-bond acceptors (Lipinski definition) is 2. The number of hydrogen-bond donors (Lipinski definition) is 1. The van der Waals surface area contributed by atoms with E-state index in [9.17, 15) is 4.79 Å². The lowest BCUT2D eigenvalue weighted by molar-refractivity contribution is -0.139. The Labute approximate surface area is 99.8 Å². The minimum atomic E-state index is -0.728. The Hall–Kier alpha value is -0.570. The number of aliphatic carboxylic acids is 1. The monoisotopic (exact) mass is 229 g/mol. The summed E-state index contributed by atoms with van der Waals surface area (Å²) in [6.45, 7) is 8.62. The summed E-state index contributed by atoms with van der Waals surface area (Å²) in [5, 5.41) is 8.85. The van der Waals surface area contributed by atoms with E-state index in [-0.39, 0.29) is 6.54 Å². The van der Waals surface area contributed by atoms with E-state index in [1.807, 2.05) is 0 Å². The molecule has 1 unspecified atom stereocenters. The fourth-order valence-corrected chi connectivity index (χ4v) is 2.04. The van der Waals surface area contributed by atoms with Crippen LogP contribution in [0.3, 0.4) is 0 Å². The first-order valence-corrected chi connectivity index (χ1v) is 6.46. The molecule has 3 nitrogen and oxygen atoms in total. The minimum absolute atomic E-state index is 0.159. The average molecular weight is 229 g/mol. The van der Waals surface area contributed by atoms with Crippen molar-refractivity contribution in [1.82, 2.24) is 4.90 Å². The summed E-state index contributed by atoms with van der Waals surface area (Å²) in [4.78, 5) is 12.8. The van der Waals surface area contributed by atoms with E-state index in [4.69, 9.17) is 5.11 Å². The van der Waals surface area contributed by atoms with E-state index in [1.165, 1.54) is 25.7 Å². The van der Waals surface area contributed by atoms with Crippen LogP contribution in [0.5, 0.6) is 0 Å². The van der Waals surface area contributed by atoms with Gasteiger partial charge in [-0.1, -0.05) is 32.6 Å². The SMILES string of the molecule is CCCCCCC(C)N(CC(=O)O)C(C)C. The van der Waals surface area contributed by atoms with Gasteiger partial charge in [-0.15, -0.1) is 0 Å². The van der Waals surface area contributed by atoms with Crippen LogP contribution >= 0.6 is 0 Å². The van der Waals surface area contributed by atoms with Gasteiger partial charge in [0, 0.05) is 12.1 Å². The molecule has 0 aromatic carbocycles. The highest BCUT2D eigenvalue weighted by Gasteiger charge is 2.19. The zero-order valence-electron chi connectivity index (χ0n) is 11.2. The molecule has 0 aromatic heterocycles. The van der Waals surface area contributed by atoms with Gasteiger partial charge in [0.2, 0.25) is 0 Å². The number of carboxylic acids is 1. The van der Waals surface area contributed by atoms with Gasteiger partial charge in [0.25, 0.3) is 0 Å². The van der Waals surface area contributed by atoms with E-state index in [1.54, 1.807) is 0 Å². The Balaban J connectivity index is 3.97. The summed E-state index contributed by atoms with van der Waals surface area (Å²) >= 11 is 0. The third-order valence-corrected chi connectivity index (χ3v) is 3.02. The molecule has 0 aliphatic carbocycles. The second kappa shape index (κ2) is 8.57. The predicted molar refractivity (Wildman–Crippen MR) is 67.7 cm³/mol. The number of carbonyl (C=O) groups is 1. The fourth-order valence-electron chi connectivity index (χ4n) is 2.04. The molecule has 0 saturated carbocycles. The van der Waals surface area contributed by atoms with Crippen LogP contribution < -0.4 is 0 Å². The van der Waals surface area contributed by atoms with E-state index in [2.05, 4.69) is 32.6 Å². The summed E-state index contributed by atoms with van der Waals surface area (Å²) in [7, 11) is 0. The van der Waals surface area contributed by atoms with Crippen LogP contribution in [0.1, 0.15) is 59.8 Å². The van der Waals surface area contributed by atoms with Crippen LogP contribution in [0.4, 0.5) is 0 Å². The highest BCUT2D eigenvalue weighted by atomic mass is 16.4. The fraction of sp³-hybridized carbons (Fsp3) is 0.923. The van der Waals surface area contributed by atoms with Crippen molar-refractivity contribution in [2.75, 3.05) is 6.54 Å². The quantitative estimate of drug-likeness (QED) is 0.617. The van der Waals surface area contributed by atoms with Gasteiger partial charge in [0.15, 0.2) is 0 Å². The molecule has 0 aliphatic heterocycles. The van der Waals surface area contributed by atoms with Crippen LogP contribution in [0.15, 0.2) is 0 Å². The minimum Gasteiger partial charge on any atom is -0.480 e. The molecule has 0 rings (SSSR count). The van der Waals surface area contributed by atoms with Gasteiger partial charge in [-0.05, 0) is 27.2 Å². The molecule has 16 heavy (non-hydrogen) atoms. The Kier molecular flexibility index (Phi) is 8.26. The Morgan fingerprint density at radius 1 is 1.19 bits per heavy atom. The summed E-state index contributed by atoms with van der Waals surface area (Å²) in [5.41, 5.74) is 0. The molecular formula is C13H27NO2. The molecule has 0 spiro atoms. The second-order valence-corrected chi connectivity index (χ2v) is 4.86. The maximum Gasteiger partial charge on any atom is 0.317 e. The molecule has 0 aromatic rings. The molecule has 1 atom stereocenters. The zero-order valence-corrected chi connectivity index (χ0v) is 11.2. The predicted octanol–water partition coefficient (Wildman–Crippen LogP) is 3.14. The number of nitrogens with zero attached hydrogens (tertiary/aromatic N) is 1. The van der Waals surface area contributed by atoms with Gasteiger partial charge in [0.05, 0.1) is 6.54 Å². The molecular weight excluding hydrogens is 202 g/mol. The van der Waals surface area contributed by atoms with Crippen molar-refractivity contribution in [2.24, 2.45) is 0 Å². The lowest BCUT2D eigenvalue weighted by atomic mass is 10.1. The number of carboxylic acid groups (broad SMARTS) is 1. The van der Waals surface area contributed by atoms with Crippen LogP contribution in [0.2, 0.25) is 0 Å². The van der Waals surface area contributed by atoms with Crippen molar-refractivity contribution in [3.8, 4) is 0 Å². The lowest BCUT2D eigenvalue weighted by Gasteiger charge is -2.31. The van der Waals surface area contributed by atoms with Crippen LogP contribution in [-0.2, 0) is 4.79 Å². The lowest BCUT2D eigenvalue weighted by Crippen LogP contribution is -2.42. The molecule has 96 valence electrons. The van der Waals surface area contributed by atoms with Crippen molar-refractivity contribution in [3.63, 3.8) is 0 Å². The molecule has 3 heteroatoms. The first-order valence-electron chi connectivity index (χ1n) is 6.46. The van der Waals surface area contributed by atoms with Crippen LogP contribution in [-0.4, -0.2) is 34.6 Å². The summed E-state index contributed by atoms with van der Waals surface area (Å²) in [6.07, 6.45) is 6.11. The van der Waals surface area contributed by atoms with Crippen molar-refractivity contribution < 1.29 is 9.90 Å². The van der Waals surface area contributed by atoms with Crippen molar-refractivity contribution in [2.45, 2.75) is 71.9 Å². The molecule has 1 N–H and O–H groups in total. The van der Waals surface area contributed by atoms with Gasteiger partial charge in [0.1, 0.15) is 0 Å². The molecule has 0 saturated heterocycles. The largest absolute Gasteiger partial charge is 0.480 e. The summed E-state index contributed by atoms with van der Waals surface area (Å²) in [6, 6.07) is 0.672. The van der Waals surface area contributed by atoms with Crippen molar-refractivity contribution >= 4 is 5.97 Å². The van der Waals surface area contributed by atoms with Gasteiger partial charge < -0.3 is 5.11 Å². The van der Waals surface area contributed by atoms with E-state index in [0.29, 0.717) is 12.1 Å². The zero-order chi connectivity index (χ0) is 12.6. The van der Waals surface area contributed by atoms with Gasteiger partial charge >= 0.3 is 5.97 Å². The smallest absolute Gasteiger partial charge is 0.317 e. The third-order valence-electron chi connectivity index (χ3n) is 3.02. The second-order valence-electron chi connectivity index (χ2n) is 4.86. The van der Waals surface area contributed by atoms with Crippen LogP contribution in [0.25, 0.3) is 0 Å². The van der Waals surface area contributed by atoms with Crippen LogP contribution in [0, 0.1) is 0 Å². The maximum atomic E-state index is 10.8. The summed E-state index contributed by atoms with van der Waals surface area (Å²) in [5.74, 6) is -0.728. The summed E-state index contributed by atoms with van der Waals surface area (Å²) < 4.78 is 0. The van der Waals surface area contributed by atoms with Crippen molar-refractivity contribution in [3.05, 3.63) is 0 Å². The first kappa shape index (κ1) is 15.4. The van der Waals surface area contributed by atoms with Gasteiger partial charge in [-0.3, -0.25) is 9.69 Å². The molecule has 0 amide bonds. The third kappa shape index (κ3) is 6.83. The van der Waals surface area contributed by atoms with Gasteiger partial charge in [-0.2, -0.15) is 0 Å².